The van der Waals surface area contributed by atoms with Crippen molar-refractivity contribution in [1.82, 2.24) is 0 Å². The average molecular weight is 314 g/mol. The van der Waals surface area contributed by atoms with E-state index in [0.717, 1.165) is 30.2 Å². The predicted octanol–water partition coefficient (Wildman–Crippen LogP) is 3.84. The summed E-state index contributed by atoms with van der Waals surface area (Å²) in [6.07, 6.45) is 0.872. The Morgan fingerprint density at radius 1 is 1.15 bits per heavy atom. The summed E-state index contributed by atoms with van der Waals surface area (Å²) >= 11 is 5.77. The molecule has 0 saturated carbocycles. The van der Waals surface area contributed by atoms with Crippen molar-refractivity contribution in [2.45, 2.75) is 18.2 Å². The van der Waals surface area contributed by atoms with Crippen molar-refractivity contribution in [3.8, 4) is 0 Å². The maximum atomic E-state index is 12.9. The zero-order chi connectivity index (χ0) is 14.8. The molecule has 1 N–H and O–H groups in total. The fourth-order valence-electron chi connectivity index (χ4n) is 1.71. The normalized spacial score (nSPS) is 11.3. The van der Waals surface area contributed by atoms with Gasteiger partial charge in [-0.05, 0) is 42.3 Å². The second-order valence-electron chi connectivity index (χ2n) is 4.23. The van der Waals surface area contributed by atoms with Crippen LogP contribution >= 0.6 is 11.6 Å². The van der Waals surface area contributed by atoms with Crippen LogP contribution in [0, 0.1) is 5.82 Å². The first-order valence-electron chi connectivity index (χ1n) is 5.99. The average Bonchev–Trinajstić information content (AvgIpc) is 2.38. The lowest BCUT2D eigenvalue weighted by Gasteiger charge is -2.10. The van der Waals surface area contributed by atoms with Crippen molar-refractivity contribution in [3.05, 3.63) is 58.9 Å². The fraction of sp³-hybridized carbons (Fsp3) is 0.143. The van der Waals surface area contributed by atoms with Crippen molar-refractivity contribution in [2.75, 3.05) is 4.72 Å². The predicted molar refractivity (Wildman–Crippen MR) is 78.0 cm³/mol. The molecule has 2 aromatic rings. The quantitative estimate of drug-likeness (QED) is 0.932. The number of rotatable bonds is 4. The molecule has 0 bridgehead atoms. The number of hydrogen-bond donors (Lipinski definition) is 1. The van der Waals surface area contributed by atoms with Crippen LogP contribution in [0.3, 0.4) is 0 Å². The van der Waals surface area contributed by atoms with Gasteiger partial charge >= 0.3 is 0 Å². The zero-order valence-corrected chi connectivity index (χ0v) is 12.3. The van der Waals surface area contributed by atoms with Gasteiger partial charge < -0.3 is 0 Å². The summed E-state index contributed by atoms with van der Waals surface area (Å²) in [4.78, 5) is -0.153. The van der Waals surface area contributed by atoms with Crippen LogP contribution in [0.2, 0.25) is 5.02 Å². The molecule has 0 radical (unpaired) electrons. The summed E-state index contributed by atoms with van der Waals surface area (Å²) in [7, 11) is -3.83. The Labute approximate surface area is 122 Å². The number of hydrogen-bond acceptors (Lipinski definition) is 2. The van der Waals surface area contributed by atoms with Gasteiger partial charge in [0.25, 0.3) is 10.0 Å². The van der Waals surface area contributed by atoms with Crippen molar-refractivity contribution < 1.29 is 12.8 Å². The molecule has 0 unspecified atom stereocenters. The minimum atomic E-state index is -3.83. The van der Waals surface area contributed by atoms with Crippen LogP contribution in [0.1, 0.15) is 12.5 Å². The van der Waals surface area contributed by atoms with Crippen LogP contribution in [0.25, 0.3) is 0 Å². The molecule has 0 saturated heterocycles. The van der Waals surface area contributed by atoms with Crippen LogP contribution < -0.4 is 4.72 Å². The Morgan fingerprint density at radius 3 is 2.35 bits per heavy atom. The van der Waals surface area contributed by atoms with Gasteiger partial charge in [-0.1, -0.05) is 30.7 Å². The molecule has 0 fully saturated rings. The van der Waals surface area contributed by atoms with E-state index in [0.29, 0.717) is 5.69 Å². The van der Waals surface area contributed by atoms with E-state index in [1.165, 1.54) is 0 Å². The standard InChI is InChI=1S/C14H13ClFNO2S/c1-2-10-3-6-12(7-4-10)17-20(18,19)14-8-5-11(16)9-13(14)15/h3-9,17H,2H2,1H3. The molecule has 0 aromatic heterocycles. The monoisotopic (exact) mass is 313 g/mol. The van der Waals surface area contributed by atoms with Crippen LogP contribution in [0.4, 0.5) is 10.1 Å². The minimum absolute atomic E-state index is 0.150. The number of anilines is 1. The molecule has 0 aliphatic carbocycles. The van der Waals surface area contributed by atoms with E-state index in [9.17, 15) is 12.8 Å². The number of benzene rings is 2. The largest absolute Gasteiger partial charge is 0.280 e. The van der Waals surface area contributed by atoms with Crippen LogP contribution in [0.5, 0.6) is 0 Å². The third-order valence-electron chi connectivity index (χ3n) is 2.80. The molecular weight excluding hydrogens is 301 g/mol. The molecule has 0 amide bonds. The second kappa shape index (κ2) is 5.81. The Kier molecular flexibility index (Phi) is 4.30. The molecule has 0 spiro atoms. The number of sulfonamides is 1. The van der Waals surface area contributed by atoms with Gasteiger partial charge in [0.2, 0.25) is 0 Å². The molecular formula is C14H13ClFNO2S. The number of aryl methyl sites for hydroxylation is 1. The molecule has 0 aliphatic rings. The third-order valence-corrected chi connectivity index (χ3v) is 4.66. The zero-order valence-electron chi connectivity index (χ0n) is 10.7. The van der Waals surface area contributed by atoms with Crippen molar-refractivity contribution in [2.24, 2.45) is 0 Å². The Balaban J connectivity index is 2.30. The highest BCUT2D eigenvalue weighted by Gasteiger charge is 2.18. The van der Waals surface area contributed by atoms with Crippen LogP contribution in [-0.4, -0.2) is 8.42 Å². The van der Waals surface area contributed by atoms with Gasteiger partial charge in [0.15, 0.2) is 0 Å². The molecule has 106 valence electrons. The molecule has 0 atom stereocenters. The third kappa shape index (κ3) is 3.29. The van der Waals surface area contributed by atoms with Gasteiger partial charge in [0.1, 0.15) is 10.7 Å². The van der Waals surface area contributed by atoms with Crippen LogP contribution in [0.15, 0.2) is 47.4 Å². The SMILES string of the molecule is CCc1ccc(NS(=O)(=O)c2ccc(F)cc2Cl)cc1. The first-order valence-corrected chi connectivity index (χ1v) is 7.85. The number of nitrogens with one attached hydrogen (secondary N) is 1. The number of halogens is 2. The smallest absolute Gasteiger partial charge is 0.263 e. The van der Waals surface area contributed by atoms with Gasteiger partial charge in [-0.25, -0.2) is 12.8 Å². The molecule has 6 heteroatoms. The minimum Gasteiger partial charge on any atom is -0.280 e. The van der Waals surface area contributed by atoms with Gasteiger partial charge in [-0.15, -0.1) is 0 Å². The van der Waals surface area contributed by atoms with Crippen LogP contribution in [-0.2, 0) is 16.4 Å². The lowest BCUT2D eigenvalue weighted by Crippen LogP contribution is -2.13. The Hall–Kier alpha value is -1.59. The summed E-state index contributed by atoms with van der Waals surface area (Å²) in [5, 5.41) is -0.150. The van der Waals surface area contributed by atoms with E-state index >= 15 is 0 Å². The second-order valence-corrected chi connectivity index (χ2v) is 6.29. The first-order chi connectivity index (χ1) is 9.42. The molecule has 2 rings (SSSR count). The fourth-order valence-corrected chi connectivity index (χ4v) is 3.30. The van der Waals surface area contributed by atoms with E-state index in [1.54, 1.807) is 12.1 Å². The lowest BCUT2D eigenvalue weighted by atomic mass is 10.2. The van der Waals surface area contributed by atoms with E-state index in [1.807, 2.05) is 19.1 Å². The van der Waals surface area contributed by atoms with E-state index in [-0.39, 0.29) is 9.92 Å². The summed E-state index contributed by atoms with van der Waals surface area (Å²) < 4.78 is 39.7. The molecule has 0 heterocycles. The molecule has 2 aromatic carbocycles. The summed E-state index contributed by atoms with van der Waals surface area (Å²) in [6.45, 7) is 2.01. The molecule has 20 heavy (non-hydrogen) atoms. The first kappa shape index (κ1) is 14.8. The summed E-state index contributed by atoms with van der Waals surface area (Å²) in [5.41, 5.74) is 1.54. The maximum absolute atomic E-state index is 12.9. The van der Waals surface area contributed by atoms with Gasteiger partial charge in [-0.2, -0.15) is 0 Å². The van der Waals surface area contributed by atoms with Crippen molar-refractivity contribution in [1.29, 1.82) is 0 Å². The highest BCUT2D eigenvalue weighted by atomic mass is 35.5. The lowest BCUT2D eigenvalue weighted by molar-refractivity contribution is 0.600. The van der Waals surface area contributed by atoms with Crippen molar-refractivity contribution in [3.63, 3.8) is 0 Å². The Morgan fingerprint density at radius 2 is 1.80 bits per heavy atom. The van der Waals surface area contributed by atoms with Crippen molar-refractivity contribution >= 4 is 27.3 Å². The maximum Gasteiger partial charge on any atom is 0.263 e. The van der Waals surface area contributed by atoms with E-state index < -0.39 is 15.8 Å². The molecule has 0 aliphatic heterocycles. The van der Waals surface area contributed by atoms with Gasteiger partial charge in [0, 0.05) is 5.69 Å². The van der Waals surface area contributed by atoms with Gasteiger partial charge in [-0.3, -0.25) is 4.72 Å². The summed E-state index contributed by atoms with van der Waals surface area (Å²) in [5.74, 6) is -0.582. The Bertz CT molecular complexity index is 714. The highest BCUT2D eigenvalue weighted by molar-refractivity contribution is 7.92. The topological polar surface area (TPSA) is 46.2 Å². The van der Waals surface area contributed by atoms with Gasteiger partial charge in [0.05, 0.1) is 5.02 Å². The molecule has 3 nitrogen and oxygen atoms in total. The summed E-state index contributed by atoms with van der Waals surface area (Å²) in [6, 6.07) is 10.2. The van der Waals surface area contributed by atoms with E-state index in [4.69, 9.17) is 11.6 Å². The van der Waals surface area contributed by atoms with E-state index in [2.05, 4.69) is 4.72 Å². The highest BCUT2D eigenvalue weighted by Crippen LogP contribution is 2.24.